The van der Waals surface area contributed by atoms with Gasteiger partial charge in [-0.3, -0.25) is 0 Å². The van der Waals surface area contributed by atoms with E-state index in [4.69, 9.17) is 14.3 Å². The number of ether oxygens (including phenoxy) is 1. The molecule has 19 heavy (non-hydrogen) atoms. The average Bonchev–Trinajstić information content (AvgIpc) is 2.30. The normalized spacial score (nSPS) is 16.4. The van der Waals surface area contributed by atoms with Gasteiger partial charge < -0.3 is 19.4 Å². The minimum absolute atomic E-state index is 0.0101. The van der Waals surface area contributed by atoms with Crippen LogP contribution in [0.3, 0.4) is 0 Å². The smallest absolute Gasteiger partial charge is 0.192 e. The first-order valence-corrected chi connectivity index (χ1v) is 11.0. The number of hydrogen-bond donors (Lipinski definition) is 2. The molecule has 0 radical (unpaired) electrons. The zero-order chi connectivity index (χ0) is 15.1. The lowest BCUT2D eigenvalue weighted by Gasteiger charge is -2.37. The van der Waals surface area contributed by atoms with E-state index in [-0.39, 0.29) is 24.4 Å². The summed E-state index contributed by atoms with van der Waals surface area (Å²) in [7, 11) is -1.85. The first kappa shape index (κ1) is 19.4. The van der Waals surface area contributed by atoms with E-state index in [9.17, 15) is 5.11 Å². The molecule has 4 nitrogen and oxygen atoms in total. The van der Waals surface area contributed by atoms with Crippen molar-refractivity contribution in [2.45, 2.75) is 57.5 Å². The SMILES string of the molecule is CSCO[C@@H](CCO)[C@H](O)CO[Si](C)(C)C(C)(C)C. The maximum absolute atomic E-state index is 10.1. The summed E-state index contributed by atoms with van der Waals surface area (Å²) in [5.41, 5.74) is 0. The first-order chi connectivity index (χ1) is 8.65. The van der Waals surface area contributed by atoms with E-state index in [1.54, 1.807) is 11.8 Å². The predicted molar refractivity (Wildman–Crippen MR) is 84.1 cm³/mol. The number of thioether (sulfide) groups is 1. The first-order valence-electron chi connectivity index (χ1n) is 6.69. The Balaban J connectivity index is 4.35. The summed E-state index contributed by atoms with van der Waals surface area (Å²) in [4.78, 5) is 0. The van der Waals surface area contributed by atoms with Crippen molar-refractivity contribution in [1.82, 2.24) is 0 Å². The molecule has 0 bridgehead atoms. The van der Waals surface area contributed by atoms with E-state index in [1.807, 2.05) is 6.26 Å². The standard InChI is InChI=1S/C13H30O4SSi/c1-13(2,3)19(5,6)17-9-11(15)12(7-8-14)16-10-18-4/h11-12,14-15H,7-10H2,1-6H3/t11-,12+/m1/s1. The Morgan fingerprint density at radius 3 is 2.26 bits per heavy atom. The summed E-state index contributed by atoms with van der Waals surface area (Å²) >= 11 is 1.55. The molecule has 0 aromatic carbocycles. The van der Waals surface area contributed by atoms with Crippen LogP contribution in [0.4, 0.5) is 0 Å². The minimum atomic E-state index is -1.85. The van der Waals surface area contributed by atoms with E-state index < -0.39 is 14.4 Å². The maximum Gasteiger partial charge on any atom is 0.192 e. The topological polar surface area (TPSA) is 58.9 Å². The molecule has 0 aromatic heterocycles. The van der Waals surface area contributed by atoms with Crippen LogP contribution in [0, 0.1) is 0 Å². The van der Waals surface area contributed by atoms with E-state index in [0.717, 1.165) is 0 Å². The average molecular weight is 311 g/mol. The molecule has 0 amide bonds. The van der Waals surface area contributed by atoms with E-state index in [0.29, 0.717) is 12.4 Å². The number of aliphatic hydroxyl groups is 2. The largest absolute Gasteiger partial charge is 0.414 e. The van der Waals surface area contributed by atoms with Crippen LogP contribution in [0.1, 0.15) is 27.2 Å². The molecule has 0 spiro atoms. The Kier molecular flexibility index (Phi) is 8.83. The van der Waals surface area contributed by atoms with Crippen molar-refractivity contribution in [3.05, 3.63) is 0 Å². The third-order valence-electron chi connectivity index (χ3n) is 3.66. The third kappa shape index (κ3) is 7.11. The van der Waals surface area contributed by atoms with Gasteiger partial charge in [0.05, 0.1) is 18.6 Å². The van der Waals surface area contributed by atoms with Gasteiger partial charge in [0, 0.05) is 6.61 Å². The summed E-state index contributed by atoms with van der Waals surface area (Å²) in [5, 5.41) is 19.3. The Morgan fingerprint density at radius 1 is 1.26 bits per heavy atom. The van der Waals surface area contributed by atoms with Crippen LogP contribution >= 0.6 is 11.8 Å². The quantitative estimate of drug-likeness (QED) is 0.506. The second-order valence-corrected chi connectivity index (χ2v) is 11.9. The van der Waals surface area contributed by atoms with Gasteiger partial charge in [0.25, 0.3) is 0 Å². The minimum Gasteiger partial charge on any atom is -0.414 e. The summed E-state index contributed by atoms with van der Waals surface area (Å²) < 4.78 is 11.5. The predicted octanol–water partition coefficient (Wildman–Crippen LogP) is 2.46. The Morgan fingerprint density at radius 2 is 1.84 bits per heavy atom. The highest BCUT2D eigenvalue weighted by atomic mass is 32.2. The molecule has 2 atom stereocenters. The van der Waals surface area contributed by atoms with Crippen LogP contribution in [-0.4, -0.2) is 56.1 Å². The molecule has 0 aliphatic heterocycles. The van der Waals surface area contributed by atoms with Gasteiger partial charge >= 0.3 is 0 Å². The van der Waals surface area contributed by atoms with Gasteiger partial charge in [-0.1, -0.05) is 20.8 Å². The number of hydrogen-bond acceptors (Lipinski definition) is 5. The van der Waals surface area contributed by atoms with Crippen LogP contribution in [0.2, 0.25) is 18.1 Å². The molecule has 0 saturated heterocycles. The van der Waals surface area contributed by atoms with Gasteiger partial charge in [-0.25, -0.2) is 0 Å². The highest BCUT2D eigenvalue weighted by Crippen LogP contribution is 2.36. The van der Waals surface area contributed by atoms with E-state index in [2.05, 4.69) is 33.9 Å². The molecule has 0 aliphatic rings. The lowest BCUT2D eigenvalue weighted by Crippen LogP contribution is -2.45. The molecule has 0 aliphatic carbocycles. The van der Waals surface area contributed by atoms with Crippen LogP contribution in [-0.2, 0) is 9.16 Å². The molecular weight excluding hydrogens is 280 g/mol. The fraction of sp³-hybridized carbons (Fsp3) is 1.00. The van der Waals surface area contributed by atoms with Crippen LogP contribution in [0.25, 0.3) is 0 Å². The fourth-order valence-electron chi connectivity index (χ4n) is 1.29. The van der Waals surface area contributed by atoms with Crippen LogP contribution < -0.4 is 0 Å². The van der Waals surface area contributed by atoms with Crippen molar-refractivity contribution >= 4 is 20.1 Å². The highest BCUT2D eigenvalue weighted by Gasteiger charge is 2.38. The second-order valence-electron chi connectivity index (χ2n) is 6.26. The molecule has 0 fully saturated rings. The van der Waals surface area contributed by atoms with Gasteiger partial charge in [-0.2, -0.15) is 0 Å². The number of aliphatic hydroxyl groups excluding tert-OH is 2. The lowest BCUT2D eigenvalue weighted by atomic mass is 10.1. The molecule has 0 rings (SSSR count). The fourth-order valence-corrected chi connectivity index (χ4v) is 2.62. The highest BCUT2D eigenvalue weighted by molar-refractivity contribution is 7.98. The van der Waals surface area contributed by atoms with Crippen LogP contribution in [0.15, 0.2) is 0 Å². The third-order valence-corrected chi connectivity index (χ3v) is 8.54. The van der Waals surface area contributed by atoms with E-state index >= 15 is 0 Å². The summed E-state index contributed by atoms with van der Waals surface area (Å²) in [6.45, 7) is 11.1. The summed E-state index contributed by atoms with van der Waals surface area (Å²) in [6, 6.07) is 0. The Bertz CT molecular complexity index is 243. The molecule has 6 heteroatoms. The molecule has 0 saturated carbocycles. The van der Waals surface area contributed by atoms with Crippen molar-refractivity contribution in [2.24, 2.45) is 0 Å². The van der Waals surface area contributed by atoms with Crippen molar-refractivity contribution in [3.63, 3.8) is 0 Å². The molecule has 0 heterocycles. The lowest BCUT2D eigenvalue weighted by molar-refractivity contribution is -0.0492. The molecular formula is C13H30O4SSi. The zero-order valence-corrected chi connectivity index (χ0v) is 14.9. The second kappa shape index (κ2) is 8.64. The van der Waals surface area contributed by atoms with E-state index in [1.165, 1.54) is 0 Å². The van der Waals surface area contributed by atoms with Gasteiger partial charge in [0.15, 0.2) is 8.32 Å². The Hall–Kier alpha value is 0.407. The summed E-state index contributed by atoms with van der Waals surface area (Å²) in [6.07, 6.45) is 1.33. The van der Waals surface area contributed by atoms with Crippen LogP contribution in [0.5, 0.6) is 0 Å². The molecule has 116 valence electrons. The Labute approximate surface area is 123 Å². The van der Waals surface area contributed by atoms with Gasteiger partial charge in [0.1, 0.15) is 6.10 Å². The van der Waals surface area contributed by atoms with Crippen molar-refractivity contribution in [3.8, 4) is 0 Å². The summed E-state index contributed by atoms with van der Waals surface area (Å²) in [5.74, 6) is 0.516. The zero-order valence-electron chi connectivity index (χ0n) is 13.1. The van der Waals surface area contributed by atoms with Crippen molar-refractivity contribution in [2.75, 3.05) is 25.4 Å². The van der Waals surface area contributed by atoms with Gasteiger partial charge in [-0.15, -0.1) is 11.8 Å². The van der Waals surface area contributed by atoms with Crippen molar-refractivity contribution < 1.29 is 19.4 Å². The maximum atomic E-state index is 10.1. The van der Waals surface area contributed by atoms with Gasteiger partial charge in [-0.05, 0) is 30.8 Å². The molecule has 0 aromatic rings. The van der Waals surface area contributed by atoms with Gasteiger partial charge in [0.2, 0.25) is 0 Å². The molecule has 2 N–H and O–H groups in total. The monoisotopic (exact) mass is 310 g/mol. The number of rotatable bonds is 9. The molecule has 0 unspecified atom stereocenters. The van der Waals surface area contributed by atoms with Crippen molar-refractivity contribution in [1.29, 1.82) is 0 Å².